The van der Waals surface area contributed by atoms with E-state index in [0.717, 1.165) is 13.0 Å². The fraction of sp³-hybridized carbons (Fsp3) is 0.750. The molecule has 1 aliphatic carbocycles. The first kappa shape index (κ1) is 29.9. The number of carbonyl (C=O) groups excluding carboxylic acids is 1. The molecule has 8 nitrogen and oxygen atoms in total. The van der Waals surface area contributed by atoms with Gasteiger partial charge in [0.25, 0.3) is 0 Å². The van der Waals surface area contributed by atoms with Crippen molar-refractivity contribution in [3.63, 3.8) is 0 Å². The van der Waals surface area contributed by atoms with Gasteiger partial charge in [-0.25, -0.2) is 8.42 Å². The van der Waals surface area contributed by atoms with E-state index in [2.05, 4.69) is 18.7 Å². The maximum atomic E-state index is 13.2. The van der Waals surface area contributed by atoms with Gasteiger partial charge in [-0.05, 0) is 93.8 Å². The summed E-state index contributed by atoms with van der Waals surface area (Å²) < 4.78 is 38.5. The van der Waals surface area contributed by atoms with Gasteiger partial charge in [0.2, 0.25) is 15.9 Å². The lowest BCUT2D eigenvalue weighted by atomic mass is 9.57. The van der Waals surface area contributed by atoms with Gasteiger partial charge in [-0.3, -0.25) is 4.79 Å². The smallest absolute Gasteiger partial charge is 0.248 e. The standard InChI is InChI=1S/C28H47N3O5S/c1-21-17-24(35-7)18-22(2)27(21)37(33,34)29(5)15-16-36-20-26(32)30(6)25-19-23(28(25,3)4)11-14-31-12-9-8-10-13-31/h17-18,23,25H,8-16,19-20H2,1-7H3/t23-,25+/m1/s1. The van der Waals surface area contributed by atoms with E-state index in [4.69, 9.17) is 9.47 Å². The Kier molecular flexibility index (Phi) is 10.1. The van der Waals surface area contributed by atoms with Gasteiger partial charge >= 0.3 is 0 Å². The van der Waals surface area contributed by atoms with Crippen molar-refractivity contribution in [1.82, 2.24) is 14.1 Å². The zero-order chi connectivity index (χ0) is 27.4. The van der Waals surface area contributed by atoms with Gasteiger partial charge in [0.1, 0.15) is 12.4 Å². The first-order chi connectivity index (χ1) is 17.4. The second kappa shape index (κ2) is 12.5. The summed E-state index contributed by atoms with van der Waals surface area (Å²) in [6.07, 6.45) is 6.21. The lowest BCUT2D eigenvalue weighted by Crippen LogP contribution is -2.59. The Hall–Kier alpha value is -1.68. The number of methoxy groups -OCH3 is 1. The van der Waals surface area contributed by atoms with Gasteiger partial charge in [0.15, 0.2) is 0 Å². The molecule has 2 fully saturated rings. The first-order valence-corrected chi connectivity index (χ1v) is 15.0. The Morgan fingerprint density at radius 3 is 2.30 bits per heavy atom. The lowest BCUT2D eigenvalue weighted by Gasteiger charge is -2.56. The molecule has 9 heteroatoms. The molecular weight excluding hydrogens is 490 g/mol. The van der Waals surface area contributed by atoms with Gasteiger partial charge in [0, 0.05) is 26.7 Å². The van der Waals surface area contributed by atoms with Crippen LogP contribution in [0.1, 0.15) is 57.1 Å². The minimum Gasteiger partial charge on any atom is -0.497 e. The molecule has 1 saturated carbocycles. The molecule has 2 atom stereocenters. The minimum atomic E-state index is -3.69. The predicted octanol–water partition coefficient (Wildman–Crippen LogP) is 3.70. The topological polar surface area (TPSA) is 79.4 Å². The van der Waals surface area contributed by atoms with Crippen LogP contribution in [0, 0.1) is 25.2 Å². The molecule has 1 aliphatic heterocycles. The third kappa shape index (κ3) is 6.85. The van der Waals surface area contributed by atoms with Crippen molar-refractivity contribution >= 4 is 15.9 Å². The highest BCUT2D eigenvalue weighted by atomic mass is 32.2. The summed E-state index contributed by atoms with van der Waals surface area (Å²) in [5.74, 6) is 1.20. The number of aryl methyl sites for hydroxylation is 2. The molecule has 210 valence electrons. The van der Waals surface area contributed by atoms with E-state index in [1.165, 1.54) is 50.1 Å². The van der Waals surface area contributed by atoms with E-state index >= 15 is 0 Å². The number of sulfonamides is 1. The normalized spacial score (nSPS) is 22.1. The van der Waals surface area contributed by atoms with Crippen LogP contribution in [0.5, 0.6) is 5.75 Å². The van der Waals surface area contributed by atoms with E-state index in [0.29, 0.717) is 22.8 Å². The molecule has 0 aromatic heterocycles. The summed E-state index contributed by atoms with van der Waals surface area (Å²) in [5.41, 5.74) is 1.36. The number of likely N-dealkylation sites (N-methyl/N-ethyl adjacent to an activating group) is 2. The zero-order valence-electron chi connectivity index (χ0n) is 23.9. The maximum absolute atomic E-state index is 13.2. The van der Waals surface area contributed by atoms with Crippen LogP contribution in [0.2, 0.25) is 0 Å². The van der Waals surface area contributed by atoms with Crippen LogP contribution in [0.15, 0.2) is 17.0 Å². The largest absolute Gasteiger partial charge is 0.497 e. The van der Waals surface area contributed by atoms with Crippen LogP contribution < -0.4 is 4.74 Å². The number of amides is 1. The number of likely N-dealkylation sites (tertiary alicyclic amines) is 1. The van der Waals surface area contributed by atoms with Crippen molar-refractivity contribution < 1.29 is 22.7 Å². The molecule has 0 spiro atoms. The molecule has 1 aromatic rings. The van der Waals surface area contributed by atoms with Crippen molar-refractivity contribution in [3.05, 3.63) is 23.3 Å². The Morgan fingerprint density at radius 1 is 1.11 bits per heavy atom. The molecule has 1 heterocycles. The average molecular weight is 538 g/mol. The average Bonchev–Trinajstić information content (AvgIpc) is 2.85. The van der Waals surface area contributed by atoms with Crippen molar-refractivity contribution in [2.75, 3.05) is 60.6 Å². The summed E-state index contributed by atoms with van der Waals surface area (Å²) in [4.78, 5) is 17.5. The number of nitrogens with zero attached hydrogens (tertiary/aromatic N) is 3. The summed E-state index contributed by atoms with van der Waals surface area (Å²) in [7, 11) is 1.28. The molecule has 0 radical (unpaired) electrons. The quantitative estimate of drug-likeness (QED) is 0.379. The monoisotopic (exact) mass is 537 g/mol. The number of rotatable bonds is 12. The van der Waals surface area contributed by atoms with Crippen LogP contribution in [0.25, 0.3) is 0 Å². The van der Waals surface area contributed by atoms with Crippen molar-refractivity contribution in [2.45, 2.75) is 70.7 Å². The highest BCUT2D eigenvalue weighted by Crippen LogP contribution is 2.50. The van der Waals surface area contributed by atoms with Gasteiger partial charge in [0.05, 0.1) is 18.6 Å². The Labute approximate surface area is 224 Å². The molecule has 1 aromatic carbocycles. The van der Waals surface area contributed by atoms with Crippen molar-refractivity contribution in [2.24, 2.45) is 11.3 Å². The van der Waals surface area contributed by atoms with Crippen LogP contribution in [-0.4, -0.2) is 95.1 Å². The number of ether oxygens (including phenoxy) is 2. The van der Waals surface area contributed by atoms with E-state index < -0.39 is 10.0 Å². The lowest BCUT2D eigenvalue weighted by molar-refractivity contribution is -0.148. The molecule has 1 saturated heterocycles. The van der Waals surface area contributed by atoms with E-state index in [-0.39, 0.29) is 42.0 Å². The highest BCUT2D eigenvalue weighted by Gasteiger charge is 2.50. The Bertz CT molecular complexity index is 1010. The molecular formula is C28H47N3O5S. The molecule has 2 aliphatic rings. The van der Waals surface area contributed by atoms with Crippen LogP contribution in [-0.2, 0) is 19.6 Å². The fourth-order valence-electron chi connectivity index (χ4n) is 6.00. The van der Waals surface area contributed by atoms with E-state index in [9.17, 15) is 13.2 Å². The molecule has 3 rings (SSSR count). The summed E-state index contributed by atoms with van der Waals surface area (Å²) >= 11 is 0. The molecule has 37 heavy (non-hydrogen) atoms. The maximum Gasteiger partial charge on any atom is 0.248 e. The summed E-state index contributed by atoms with van der Waals surface area (Å²) in [5, 5.41) is 0. The Morgan fingerprint density at radius 2 is 1.73 bits per heavy atom. The minimum absolute atomic E-state index is 0.0456. The first-order valence-electron chi connectivity index (χ1n) is 13.6. The second-order valence-corrected chi connectivity index (χ2v) is 13.4. The van der Waals surface area contributed by atoms with Gasteiger partial charge in [-0.1, -0.05) is 20.3 Å². The number of benzene rings is 1. The highest BCUT2D eigenvalue weighted by molar-refractivity contribution is 7.89. The van der Waals surface area contributed by atoms with Gasteiger partial charge in [-0.2, -0.15) is 4.31 Å². The fourth-order valence-corrected chi connectivity index (χ4v) is 7.55. The molecule has 0 N–H and O–H groups in total. The number of carbonyl (C=O) groups is 1. The SMILES string of the molecule is COc1cc(C)c(S(=O)(=O)N(C)CCOCC(=O)N(C)[C@H]2C[C@@H](CCN3CCCCC3)C2(C)C)c(C)c1. The third-order valence-corrected chi connectivity index (χ3v) is 10.8. The van der Waals surface area contributed by atoms with Gasteiger partial charge < -0.3 is 19.3 Å². The summed E-state index contributed by atoms with van der Waals surface area (Å²) in [6.45, 7) is 12.0. The zero-order valence-corrected chi connectivity index (χ0v) is 24.7. The third-order valence-electron chi connectivity index (χ3n) is 8.64. The number of piperidine rings is 1. The van der Waals surface area contributed by atoms with Crippen LogP contribution in [0.3, 0.4) is 0 Å². The van der Waals surface area contributed by atoms with Crippen molar-refractivity contribution in [1.29, 1.82) is 0 Å². The predicted molar refractivity (Wildman–Crippen MR) is 146 cm³/mol. The van der Waals surface area contributed by atoms with E-state index in [1.807, 2.05) is 11.9 Å². The van der Waals surface area contributed by atoms with Crippen molar-refractivity contribution in [3.8, 4) is 5.75 Å². The molecule has 0 unspecified atom stereocenters. The molecule has 1 amide bonds. The summed E-state index contributed by atoms with van der Waals surface area (Å²) in [6, 6.07) is 3.65. The van der Waals surface area contributed by atoms with E-state index in [1.54, 1.807) is 33.1 Å². The van der Waals surface area contributed by atoms with Crippen LogP contribution in [0.4, 0.5) is 0 Å². The Balaban J connectivity index is 1.44. The number of hydrogen-bond acceptors (Lipinski definition) is 6. The van der Waals surface area contributed by atoms with Crippen LogP contribution >= 0.6 is 0 Å². The van der Waals surface area contributed by atoms with Gasteiger partial charge in [-0.15, -0.1) is 0 Å². The number of hydrogen-bond donors (Lipinski definition) is 0. The second-order valence-electron chi connectivity index (χ2n) is 11.4. The molecule has 0 bridgehead atoms.